The van der Waals surface area contributed by atoms with Gasteiger partial charge in [-0.2, -0.15) is 0 Å². The number of nitrogens with zero attached hydrogens (tertiary/aromatic N) is 2. The van der Waals surface area contributed by atoms with E-state index in [2.05, 4.69) is 10.3 Å². The van der Waals surface area contributed by atoms with E-state index in [0.29, 0.717) is 5.82 Å². The quantitative estimate of drug-likeness (QED) is 0.833. The number of hydrogen-bond acceptors (Lipinski definition) is 3. The van der Waals surface area contributed by atoms with Crippen LogP contribution in [0.2, 0.25) is 0 Å². The summed E-state index contributed by atoms with van der Waals surface area (Å²) in [6.07, 6.45) is 3.51. The highest BCUT2D eigenvalue weighted by Crippen LogP contribution is 2.18. The monoisotopic (exact) mass is 241 g/mol. The molecular weight excluding hydrogens is 226 g/mol. The Labute approximate surface area is 106 Å². The van der Waals surface area contributed by atoms with E-state index >= 15 is 0 Å². The molecule has 3 rings (SSSR count). The molecule has 0 bridgehead atoms. The second-order valence-electron chi connectivity index (χ2n) is 4.45. The summed E-state index contributed by atoms with van der Waals surface area (Å²) in [5.74, 6) is 0.514. The van der Waals surface area contributed by atoms with Crippen molar-refractivity contribution in [3.8, 4) is 0 Å². The van der Waals surface area contributed by atoms with E-state index in [1.807, 2.05) is 35.9 Å². The minimum absolute atomic E-state index is 0.00319. The number of carbonyl (C=O) groups excluding carboxylic acids is 1. The number of ketones is 1. The van der Waals surface area contributed by atoms with Crippen LogP contribution >= 0.6 is 0 Å². The van der Waals surface area contributed by atoms with Crippen molar-refractivity contribution >= 4 is 5.78 Å². The van der Waals surface area contributed by atoms with Crippen molar-refractivity contribution in [3.63, 3.8) is 0 Å². The highest BCUT2D eigenvalue weighted by molar-refractivity contribution is 6.06. The van der Waals surface area contributed by atoms with E-state index in [1.54, 1.807) is 6.20 Å². The zero-order chi connectivity index (χ0) is 12.5. The molecule has 0 fully saturated rings. The maximum Gasteiger partial charge on any atom is 0.228 e. The van der Waals surface area contributed by atoms with Crippen molar-refractivity contribution < 1.29 is 4.79 Å². The summed E-state index contributed by atoms with van der Waals surface area (Å²) in [7, 11) is 0. The zero-order valence-corrected chi connectivity index (χ0v) is 10.3. The van der Waals surface area contributed by atoms with Gasteiger partial charge in [0.2, 0.25) is 5.78 Å². The molecule has 0 saturated heterocycles. The summed E-state index contributed by atoms with van der Waals surface area (Å²) >= 11 is 0. The predicted octanol–water partition coefficient (Wildman–Crippen LogP) is 1.74. The van der Waals surface area contributed by atoms with Gasteiger partial charge in [-0.3, -0.25) is 4.79 Å². The molecule has 0 aliphatic carbocycles. The Hall–Kier alpha value is -1.94. The van der Waals surface area contributed by atoms with E-state index < -0.39 is 0 Å². The predicted molar refractivity (Wildman–Crippen MR) is 68.3 cm³/mol. The summed E-state index contributed by atoms with van der Waals surface area (Å²) in [5, 5.41) is 3.28. The number of fused-ring (bicyclic) bond motifs is 1. The normalized spacial score (nSPS) is 13.6. The molecule has 92 valence electrons. The lowest BCUT2D eigenvalue weighted by atomic mass is 10.0. The van der Waals surface area contributed by atoms with Crippen molar-refractivity contribution in [1.82, 2.24) is 14.9 Å². The van der Waals surface area contributed by atoms with Gasteiger partial charge in [0.15, 0.2) is 5.82 Å². The topological polar surface area (TPSA) is 46.9 Å². The first kappa shape index (κ1) is 11.2. The maximum absolute atomic E-state index is 12.4. The number of carbonyl (C=O) groups is 1. The zero-order valence-electron chi connectivity index (χ0n) is 10.3. The first-order valence-electron chi connectivity index (χ1n) is 6.18. The summed E-state index contributed by atoms with van der Waals surface area (Å²) in [6.45, 7) is 4.50. The lowest BCUT2D eigenvalue weighted by molar-refractivity contribution is 0.102. The smallest absolute Gasteiger partial charge is 0.228 e. The van der Waals surface area contributed by atoms with Crippen molar-refractivity contribution in [2.45, 2.75) is 26.6 Å². The second kappa shape index (κ2) is 4.38. The van der Waals surface area contributed by atoms with Crippen LogP contribution in [0, 0.1) is 0 Å². The third-order valence-electron chi connectivity index (χ3n) is 3.36. The fourth-order valence-corrected chi connectivity index (χ4v) is 2.34. The molecule has 4 heteroatoms. The fraction of sp³-hybridized carbons (Fsp3) is 0.286. The van der Waals surface area contributed by atoms with Gasteiger partial charge in [0.05, 0.1) is 0 Å². The van der Waals surface area contributed by atoms with Gasteiger partial charge in [-0.15, -0.1) is 0 Å². The van der Waals surface area contributed by atoms with Gasteiger partial charge in [-0.25, -0.2) is 4.98 Å². The number of nitrogens with one attached hydrogen (secondary N) is 1. The van der Waals surface area contributed by atoms with Gasteiger partial charge in [0.1, 0.15) is 0 Å². The molecule has 0 spiro atoms. The molecule has 2 aromatic rings. The minimum atomic E-state index is -0.00319. The van der Waals surface area contributed by atoms with Gasteiger partial charge >= 0.3 is 0 Å². The first-order chi connectivity index (χ1) is 8.79. The van der Waals surface area contributed by atoms with Gasteiger partial charge in [-0.1, -0.05) is 12.1 Å². The molecule has 1 aliphatic rings. The first-order valence-corrected chi connectivity index (χ1v) is 6.18. The van der Waals surface area contributed by atoms with Crippen molar-refractivity contribution in [1.29, 1.82) is 0 Å². The molecule has 1 N–H and O–H groups in total. The van der Waals surface area contributed by atoms with Gasteiger partial charge in [-0.05, 0) is 24.1 Å². The SMILES string of the molecule is CCn1ccnc1C(=O)c1ccc2c(c1)CNC2. The van der Waals surface area contributed by atoms with E-state index in [-0.39, 0.29) is 5.78 Å². The highest BCUT2D eigenvalue weighted by Gasteiger charge is 2.17. The molecule has 1 aromatic heterocycles. The lowest BCUT2D eigenvalue weighted by Crippen LogP contribution is -2.10. The third kappa shape index (κ3) is 1.75. The molecule has 4 nitrogen and oxygen atoms in total. The van der Waals surface area contributed by atoms with Crippen molar-refractivity contribution in [3.05, 3.63) is 53.1 Å². The lowest BCUT2D eigenvalue weighted by Gasteiger charge is -2.05. The van der Waals surface area contributed by atoms with E-state index in [0.717, 1.165) is 25.2 Å². The van der Waals surface area contributed by atoms with Gasteiger partial charge in [0.25, 0.3) is 0 Å². The summed E-state index contributed by atoms with van der Waals surface area (Å²) in [5.41, 5.74) is 3.22. The van der Waals surface area contributed by atoms with Crippen molar-refractivity contribution in [2.24, 2.45) is 0 Å². The highest BCUT2D eigenvalue weighted by atomic mass is 16.1. The molecule has 0 amide bonds. The molecule has 2 heterocycles. The van der Waals surface area contributed by atoms with Crippen LogP contribution in [-0.4, -0.2) is 15.3 Å². The second-order valence-corrected chi connectivity index (χ2v) is 4.45. The van der Waals surface area contributed by atoms with Crippen LogP contribution in [-0.2, 0) is 19.6 Å². The molecule has 1 aliphatic heterocycles. The summed E-state index contributed by atoms with van der Waals surface area (Å²) in [6, 6.07) is 5.90. The maximum atomic E-state index is 12.4. The van der Waals surface area contributed by atoms with Crippen LogP contribution in [0.5, 0.6) is 0 Å². The van der Waals surface area contributed by atoms with Gasteiger partial charge < -0.3 is 9.88 Å². The Kier molecular flexibility index (Phi) is 2.72. The molecule has 18 heavy (non-hydrogen) atoms. The van der Waals surface area contributed by atoms with Crippen LogP contribution in [0.15, 0.2) is 30.6 Å². The molecular formula is C14H15N3O. The number of aryl methyl sites for hydroxylation is 1. The molecule has 0 unspecified atom stereocenters. The van der Waals surface area contributed by atoms with Crippen LogP contribution < -0.4 is 5.32 Å². The number of imidazole rings is 1. The Morgan fingerprint density at radius 3 is 3.06 bits per heavy atom. The third-order valence-corrected chi connectivity index (χ3v) is 3.36. The van der Waals surface area contributed by atoms with Gasteiger partial charge in [0, 0.05) is 37.6 Å². The van der Waals surface area contributed by atoms with E-state index in [1.165, 1.54) is 11.1 Å². The standard InChI is InChI=1S/C14H15N3O/c1-2-17-6-5-16-14(17)13(18)10-3-4-11-8-15-9-12(11)7-10/h3-7,15H,2,8-9H2,1H3. The Bertz CT molecular complexity index is 601. The molecule has 0 radical (unpaired) electrons. The molecule has 0 atom stereocenters. The van der Waals surface area contributed by atoms with E-state index in [9.17, 15) is 4.79 Å². The average molecular weight is 241 g/mol. The summed E-state index contributed by atoms with van der Waals surface area (Å²) < 4.78 is 1.87. The van der Waals surface area contributed by atoms with Crippen LogP contribution in [0.1, 0.15) is 34.2 Å². The fourth-order valence-electron chi connectivity index (χ4n) is 2.34. The largest absolute Gasteiger partial charge is 0.328 e. The molecule has 1 aromatic carbocycles. The van der Waals surface area contributed by atoms with E-state index in [4.69, 9.17) is 0 Å². The van der Waals surface area contributed by atoms with Crippen molar-refractivity contribution in [2.75, 3.05) is 0 Å². The number of benzene rings is 1. The Morgan fingerprint density at radius 1 is 1.39 bits per heavy atom. The number of aromatic nitrogens is 2. The number of hydrogen-bond donors (Lipinski definition) is 1. The summed E-state index contributed by atoms with van der Waals surface area (Å²) in [4.78, 5) is 16.5. The average Bonchev–Trinajstić information content (AvgIpc) is 3.05. The van der Waals surface area contributed by atoms with Crippen LogP contribution in [0.3, 0.4) is 0 Å². The number of rotatable bonds is 3. The Morgan fingerprint density at radius 2 is 2.22 bits per heavy atom. The van der Waals surface area contributed by atoms with Crippen LogP contribution in [0.25, 0.3) is 0 Å². The Balaban J connectivity index is 1.98. The van der Waals surface area contributed by atoms with Crippen LogP contribution in [0.4, 0.5) is 0 Å². The molecule has 0 saturated carbocycles. The minimum Gasteiger partial charge on any atom is -0.328 e.